The molecule has 1 aliphatic heterocycles. The largest absolute Gasteiger partial charge is 0.481 e. The standard InChI is InChI=1S/C34H35F9N4O4/c1-4-31(44)17-26(25-16-21(32(35,36)37)8-9-27(25)47(31)30(50)51-10-6-5-7-28(48)49)29-20(14-24(18-45-29)46(2)3)11-19-12-22(33(38,39)40)15-23(13-19)34(41,42)43/h8-9,12-16,18,26H,4-7,10-11,17,44H2,1-3H3,(H,48,49)/t26-,31+/m0/s1. The SMILES string of the molecule is CC[C@]1(N)C[C@H](c2ncc(N(C)C)cc2Cc2cc(C(F)(F)F)cc(C(F)(F)F)c2)c2cc(C(F)(F)F)ccc2N1C(=O)OCCCCC(=O)O. The molecule has 51 heavy (non-hydrogen) atoms. The number of pyridine rings is 1. The number of unbranched alkanes of at least 4 members (excludes halogenated alkanes) is 1. The second kappa shape index (κ2) is 14.6. The van der Waals surface area contributed by atoms with Gasteiger partial charge in [0.1, 0.15) is 5.66 Å². The van der Waals surface area contributed by atoms with Crippen molar-refractivity contribution >= 4 is 23.4 Å². The molecule has 0 spiro atoms. The maximum atomic E-state index is 14.1. The first kappa shape index (κ1) is 39.2. The molecule has 0 unspecified atom stereocenters. The Labute approximate surface area is 287 Å². The molecule has 2 heterocycles. The Balaban J connectivity index is 1.89. The van der Waals surface area contributed by atoms with Crippen LogP contribution in [0.5, 0.6) is 0 Å². The van der Waals surface area contributed by atoms with Crippen molar-refractivity contribution < 1.29 is 58.9 Å². The average molecular weight is 735 g/mol. The number of hydrogen-bond acceptors (Lipinski definition) is 6. The first-order valence-electron chi connectivity index (χ1n) is 15.7. The van der Waals surface area contributed by atoms with Crippen molar-refractivity contribution in [2.24, 2.45) is 5.73 Å². The number of rotatable bonds is 10. The number of carbonyl (C=O) groups excluding carboxylic acids is 1. The van der Waals surface area contributed by atoms with Gasteiger partial charge in [-0.1, -0.05) is 6.92 Å². The lowest BCUT2D eigenvalue weighted by atomic mass is 9.77. The molecule has 4 rings (SSSR count). The highest BCUT2D eigenvalue weighted by Crippen LogP contribution is 2.49. The topological polar surface area (TPSA) is 109 Å². The highest BCUT2D eigenvalue weighted by atomic mass is 19.4. The van der Waals surface area contributed by atoms with Gasteiger partial charge in [0.2, 0.25) is 0 Å². The number of carbonyl (C=O) groups is 2. The Morgan fingerprint density at radius 2 is 1.55 bits per heavy atom. The number of aliphatic carboxylic acids is 1. The summed E-state index contributed by atoms with van der Waals surface area (Å²) in [5.74, 6) is -2.17. The minimum atomic E-state index is -5.12. The second-order valence-corrected chi connectivity index (χ2v) is 12.5. The Hall–Kier alpha value is -4.54. The molecule has 0 bridgehead atoms. The molecule has 17 heteroatoms. The van der Waals surface area contributed by atoms with Crippen LogP contribution >= 0.6 is 0 Å². The molecular formula is C34H35F9N4O4. The van der Waals surface area contributed by atoms with Crippen LogP contribution in [0.1, 0.15) is 84.0 Å². The highest BCUT2D eigenvalue weighted by Gasteiger charge is 2.47. The van der Waals surface area contributed by atoms with E-state index in [1.807, 2.05) is 0 Å². The Morgan fingerprint density at radius 3 is 2.08 bits per heavy atom. The van der Waals surface area contributed by atoms with Crippen LogP contribution in [0.3, 0.4) is 0 Å². The third-order valence-electron chi connectivity index (χ3n) is 8.65. The molecule has 278 valence electrons. The molecule has 3 aromatic rings. The number of carboxylic acid groups (broad SMARTS) is 1. The fourth-order valence-corrected chi connectivity index (χ4v) is 5.99. The van der Waals surface area contributed by atoms with E-state index < -0.39 is 65.3 Å². The van der Waals surface area contributed by atoms with Crippen LogP contribution in [0.4, 0.5) is 55.7 Å². The van der Waals surface area contributed by atoms with Gasteiger partial charge >= 0.3 is 30.6 Å². The van der Waals surface area contributed by atoms with Crippen LogP contribution in [-0.4, -0.2) is 48.5 Å². The third kappa shape index (κ3) is 9.04. The van der Waals surface area contributed by atoms with Gasteiger partial charge in [-0.2, -0.15) is 39.5 Å². The van der Waals surface area contributed by atoms with Crippen LogP contribution in [0, 0.1) is 0 Å². The minimum absolute atomic E-state index is 0.00118. The summed E-state index contributed by atoms with van der Waals surface area (Å²) < 4.78 is 130. The van der Waals surface area contributed by atoms with Crippen molar-refractivity contribution in [1.82, 2.24) is 4.98 Å². The fraction of sp³-hybridized carbons (Fsp3) is 0.441. The molecule has 2 aromatic carbocycles. The number of hydrogen-bond donors (Lipinski definition) is 2. The van der Waals surface area contributed by atoms with Crippen LogP contribution in [0.25, 0.3) is 0 Å². The number of ether oxygens (including phenoxy) is 1. The summed E-state index contributed by atoms with van der Waals surface area (Å²) in [7, 11) is 3.23. The first-order valence-corrected chi connectivity index (χ1v) is 15.7. The zero-order valence-electron chi connectivity index (χ0n) is 27.6. The summed E-state index contributed by atoms with van der Waals surface area (Å²) in [6, 6.07) is 5.22. The van der Waals surface area contributed by atoms with Gasteiger partial charge in [-0.3, -0.25) is 14.7 Å². The summed E-state index contributed by atoms with van der Waals surface area (Å²) in [6.07, 6.45) is -15.3. The molecule has 0 radical (unpaired) electrons. The van der Waals surface area contributed by atoms with E-state index in [1.54, 1.807) is 25.9 Å². The Bertz CT molecular complexity index is 1730. The van der Waals surface area contributed by atoms with Gasteiger partial charge < -0.3 is 20.5 Å². The molecule has 0 aliphatic carbocycles. The van der Waals surface area contributed by atoms with Crippen LogP contribution in [0.2, 0.25) is 0 Å². The van der Waals surface area contributed by atoms with E-state index in [2.05, 4.69) is 4.98 Å². The molecule has 2 atom stereocenters. The highest BCUT2D eigenvalue weighted by molar-refractivity contribution is 5.91. The van der Waals surface area contributed by atoms with Crippen molar-refractivity contribution in [1.29, 1.82) is 0 Å². The van der Waals surface area contributed by atoms with Gasteiger partial charge in [0.05, 0.1) is 46.6 Å². The number of nitrogens with two attached hydrogens (primary N) is 1. The Kier molecular flexibility index (Phi) is 11.2. The number of nitrogens with zero attached hydrogens (tertiary/aromatic N) is 3. The van der Waals surface area contributed by atoms with E-state index in [0.29, 0.717) is 17.8 Å². The second-order valence-electron chi connectivity index (χ2n) is 12.5. The van der Waals surface area contributed by atoms with E-state index in [4.69, 9.17) is 15.6 Å². The zero-order valence-corrected chi connectivity index (χ0v) is 27.6. The summed E-state index contributed by atoms with van der Waals surface area (Å²) in [5.41, 5.74) is 1.06. The first-order chi connectivity index (χ1) is 23.5. The van der Waals surface area contributed by atoms with Gasteiger partial charge in [-0.15, -0.1) is 0 Å². The molecule has 3 N–H and O–H groups in total. The third-order valence-corrected chi connectivity index (χ3v) is 8.65. The monoisotopic (exact) mass is 734 g/mol. The van der Waals surface area contributed by atoms with E-state index in [1.165, 1.54) is 12.3 Å². The smallest absolute Gasteiger partial charge is 0.416 e. The molecule has 1 amide bonds. The van der Waals surface area contributed by atoms with Crippen molar-refractivity contribution in [2.45, 2.75) is 75.6 Å². The number of fused-ring (bicyclic) bond motifs is 1. The number of aromatic nitrogens is 1. The molecule has 0 fully saturated rings. The predicted molar refractivity (Wildman–Crippen MR) is 168 cm³/mol. The molecule has 1 aromatic heterocycles. The van der Waals surface area contributed by atoms with Gasteiger partial charge in [0.25, 0.3) is 0 Å². The van der Waals surface area contributed by atoms with Crippen molar-refractivity contribution in [2.75, 3.05) is 30.5 Å². The van der Waals surface area contributed by atoms with E-state index in [0.717, 1.165) is 23.1 Å². The summed E-state index contributed by atoms with van der Waals surface area (Å²) in [5, 5.41) is 8.86. The van der Waals surface area contributed by atoms with E-state index >= 15 is 0 Å². The molecule has 0 saturated heterocycles. The summed E-state index contributed by atoms with van der Waals surface area (Å²) >= 11 is 0. The van der Waals surface area contributed by atoms with Gasteiger partial charge in [0.15, 0.2) is 0 Å². The number of benzene rings is 2. The van der Waals surface area contributed by atoms with Crippen LogP contribution in [-0.2, 0) is 34.5 Å². The van der Waals surface area contributed by atoms with Crippen molar-refractivity contribution in [3.8, 4) is 0 Å². The number of alkyl halides is 9. The summed E-state index contributed by atoms with van der Waals surface area (Å²) in [4.78, 5) is 31.4. The number of carboxylic acids is 1. The normalized spacial score (nSPS) is 18.0. The Morgan fingerprint density at radius 1 is 0.941 bits per heavy atom. The molecular weight excluding hydrogens is 699 g/mol. The van der Waals surface area contributed by atoms with Crippen molar-refractivity contribution in [3.05, 3.63) is 87.7 Å². The zero-order chi connectivity index (χ0) is 38.1. The lowest BCUT2D eigenvalue weighted by Gasteiger charge is -2.47. The predicted octanol–water partition coefficient (Wildman–Crippen LogP) is 8.59. The number of amides is 1. The molecule has 0 saturated carbocycles. The lowest BCUT2D eigenvalue weighted by molar-refractivity contribution is -0.143. The van der Waals surface area contributed by atoms with Crippen LogP contribution in [0.15, 0.2) is 48.7 Å². The summed E-state index contributed by atoms with van der Waals surface area (Å²) in [6.45, 7) is 1.40. The lowest BCUT2D eigenvalue weighted by Crippen LogP contribution is -2.61. The van der Waals surface area contributed by atoms with Crippen molar-refractivity contribution in [3.63, 3.8) is 0 Å². The maximum Gasteiger partial charge on any atom is 0.416 e. The number of halogens is 9. The molecule has 1 aliphatic rings. The van der Waals surface area contributed by atoms with E-state index in [9.17, 15) is 49.1 Å². The van der Waals surface area contributed by atoms with E-state index in [-0.39, 0.29) is 72.8 Å². The number of anilines is 2. The quantitative estimate of drug-likeness (QED) is 0.159. The molecule has 8 nitrogen and oxygen atoms in total. The maximum absolute atomic E-state index is 14.1. The van der Waals surface area contributed by atoms with Crippen LogP contribution < -0.4 is 15.5 Å². The van der Waals surface area contributed by atoms with Gasteiger partial charge in [0, 0.05) is 26.4 Å². The minimum Gasteiger partial charge on any atom is -0.481 e. The van der Waals surface area contributed by atoms with Gasteiger partial charge in [-0.25, -0.2) is 4.79 Å². The average Bonchev–Trinajstić information content (AvgIpc) is 3.02. The fourth-order valence-electron chi connectivity index (χ4n) is 5.99. The van der Waals surface area contributed by atoms with Gasteiger partial charge in [-0.05, 0) is 91.3 Å².